The van der Waals surface area contributed by atoms with Crippen LogP contribution in [0.2, 0.25) is 0 Å². The highest BCUT2D eigenvalue weighted by Gasteiger charge is 2.10. The average molecular weight is 281 g/mol. The number of carbonyl (C=O) groups is 1. The lowest BCUT2D eigenvalue weighted by molar-refractivity contribution is -0.121. The van der Waals surface area contributed by atoms with Crippen molar-refractivity contribution in [2.75, 3.05) is 24.5 Å². The Labute approximate surface area is 120 Å². The molecule has 0 aliphatic rings. The molecule has 0 saturated heterocycles. The summed E-state index contributed by atoms with van der Waals surface area (Å²) in [6.45, 7) is 5.70. The highest BCUT2D eigenvalue weighted by molar-refractivity contribution is 5.76. The number of amides is 1. The second kappa shape index (κ2) is 8.53. The van der Waals surface area contributed by atoms with Crippen molar-refractivity contribution < 1.29 is 9.18 Å². The molecule has 3 N–H and O–H groups in total. The maximum atomic E-state index is 13.3. The largest absolute Gasteiger partial charge is 0.371 e. The van der Waals surface area contributed by atoms with E-state index < -0.39 is 0 Å². The molecule has 0 unspecified atom stereocenters. The van der Waals surface area contributed by atoms with Crippen LogP contribution in [0.25, 0.3) is 0 Å². The molecule has 0 atom stereocenters. The summed E-state index contributed by atoms with van der Waals surface area (Å²) in [7, 11) is 0. The molecule has 1 amide bonds. The van der Waals surface area contributed by atoms with E-state index in [9.17, 15) is 9.18 Å². The summed E-state index contributed by atoms with van der Waals surface area (Å²) in [5.41, 5.74) is 6.31. The van der Waals surface area contributed by atoms with E-state index >= 15 is 0 Å². The normalized spacial score (nSPS) is 10.7. The number of rotatable bonds is 8. The van der Waals surface area contributed by atoms with E-state index in [2.05, 4.69) is 5.32 Å². The SMILES string of the molecule is CC(C)NC(=O)CCN(CCCN)c1cccc(F)c1. The molecular weight excluding hydrogens is 257 g/mol. The molecule has 0 aromatic heterocycles. The first-order valence-corrected chi connectivity index (χ1v) is 7.03. The molecule has 0 aliphatic heterocycles. The van der Waals surface area contributed by atoms with Crippen LogP contribution in [-0.4, -0.2) is 31.6 Å². The smallest absolute Gasteiger partial charge is 0.221 e. The van der Waals surface area contributed by atoms with Crippen LogP contribution in [0.1, 0.15) is 26.7 Å². The van der Waals surface area contributed by atoms with Gasteiger partial charge in [0.05, 0.1) is 0 Å². The minimum atomic E-state index is -0.271. The molecule has 0 radical (unpaired) electrons. The monoisotopic (exact) mass is 281 g/mol. The van der Waals surface area contributed by atoms with E-state index in [-0.39, 0.29) is 17.8 Å². The Balaban J connectivity index is 2.62. The van der Waals surface area contributed by atoms with Crippen LogP contribution in [-0.2, 0) is 4.79 Å². The number of halogens is 1. The van der Waals surface area contributed by atoms with E-state index in [1.54, 1.807) is 6.07 Å². The Kier molecular flexibility index (Phi) is 7.01. The molecule has 20 heavy (non-hydrogen) atoms. The quantitative estimate of drug-likeness (QED) is 0.765. The molecule has 112 valence electrons. The van der Waals surface area contributed by atoms with Gasteiger partial charge in [-0.05, 0) is 45.0 Å². The molecule has 4 nitrogen and oxygen atoms in total. The van der Waals surface area contributed by atoms with Crippen LogP contribution in [0.4, 0.5) is 10.1 Å². The van der Waals surface area contributed by atoms with Crippen molar-refractivity contribution in [3.8, 4) is 0 Å². The second-order valence-corrected chi connectivity index (χ2v) is 5.08. The van der Waals surface area contributed by atoms with Crippen LogP contribution >= 0.6 is 0 Å². The van der Waals surface area contributed by atoms with E-state index in [0.717, 1.165) is 18.7 Å². The molecule has 1 aromatic rings. The van der Waals surface area contributed by atoms with Gasteiger partial charge in [0.15, 0.2) is 0 Å². The third-order valence-corrected chi connectivity index (χ3v) is 2.86. The fourth-order valence-corrected chi connectivity index (χ4v) is 1.96. The van der Waals surface area contributed by atoms with Gasteiger partial charge in [-0.1, -0.05) is 6.07 Å². The summed E-state index contributed by atoms with van der Waals surface area (Å²) in [5.74, 6) is -0.263. The van der Waals surface area contributed by atoms with Gasteiger partial charge in [0.1, 0.15) is 5.82 Å². The standard InChI is InChI=1S/C15H24FN3O/c1-12(2)18-15(20)7-10-19(9-4-8-17)14-6-3-5-13(16)11-14/h3,5-6,11-12H,4,7-10,17H2,1-2H3,(H,18,20). The number of nitrogens with one attached hydrogen (secondary N) is 1. The van der Waals surface area contributed by atoms with Gasteiger partial charge in [-0.25, -0.2) is 4.39 Å². The Morgan fingerprint density at radius 2 is 2.15 bits per heavy atom. The van der Waals surface area contributed by atoms with Crippen molar-refractivity contribution in [2.24, 2.45) is 5.73 Å². The summed E-state index contributed by atoms with van der Waals surface area (Å²) in [5, 5.41) is 2.85. The Bertz CT molecular complexity index is 423. The van der Waals surface area contributed by atoms with Crippen LogP contribution in [0.3, 0.4) is 0 Å². The predicted molar refractivity (Wildman–Crippen MR) is 80.2 cm³/mol. The number of hydrogen-bond acceptors (Lipinski definition) is 3. The predicted octanol–water partition coefficient (Wildman–Crippen LogP) is 1.90. The molecule has 1 aromatic carbocycles. The third kappa shape index (κ3) is 6.02. The molecule has 0 bridgehead atoms. The summed E-state index contributed by atoms with van der Waals surface area (Å²) in [4.78, 5) is 13.7. The Morgan fingerprint density at radius 3 is 2.75 bits per heavy atom. The van der Waals surface area contributed by atoms with Gasteiger partial charge in [-0.2, -0.15) is 0 Å². The fraction of sp³-hybridized carbons (Fsp3) is 0.533. The van der Waals surface area contributed by atoms with Gasteiger partial charge in [-0.15, -0.1) is 0 Å². The van der Waals surface area contributed by atoms with Crippen molar-refractivity contribution in [2.45, 2.75) is 32.7 Å². The average Bonchev–Trinajstić information content (AvgIpc) is 2.38. The summed E-state index contributed by atoms with van der Waals surface area (Å²) in [6.07, 6.45) is 1.20. The fourth-order valence-electron chi connectivity index (χ4n) is 1.96. The highest BCUT2D eigenvalue weighted by Crippen LogP contribution is 2.16. The van der Waals surface area contributed by atoms with Crippen molar-refractivity contribution in [1.82, 2.24) is 5.32 Å². The van der Waals surface area contributed by atoms with Gasteiger partial charge in [0.25, 0.3) is 0 Å². The van der Waals surface area contributed by atoms with E-state index in [1.807, 2.05) is 24.8 Å². The summed E-state index contributed by atoms with van der Waals surface area (Å²) >= 11 is 0. The van der Waals surface area contributed by atoms with Crippen LogP contribution in [0.15, 0.2) is 24.3 Å². The van der Waals surface area contributed by atoms with Gasteiger partial charge in [0, 0.05) is 31.2 Å². The molecule has 1 rings (SSSR count). The lowest BCUT2D eigenvalue weighted by Crippen LogP contribution is -2.35. The number of benzene rings is 1. The topological polar surface area (TPSA) is 58.4 Å². The van der Waals surface area contributed by atoms with E-state index in [4.69, 9.17) is 5.73 Å². The highest BCUT2D eigenvalue weighted by atomic mass is 19.1. The van der Waals surface area contributed by atoms with Gasteiger partial charge >= 0.3 is 0 Å². The van der Waals surface area contributed by atoms with Gasteiger partial charge < -0.3 is 16.0 Å². The maximum Gasteiger partial charge on any atom is 0.221 e. The van der Waals surface area contributed by atoms with Crippen LogP contribution < -0.4 is 16.0 Å². The van der Waals surface area contributed by atoms with Crippen LogP contribution in [0, 0.1) is 5.82 Å². The second-order valence-electron chi connectivity index (χ2n) is 5.08. The number of hydrogen-bond donors (Lipinski definition) is 2. The molecular formula is C15H24FN3O. The van der Waals surface area contributed by atoms with E-state index in [1.165, 1.54) is 12.1 Å². The maximum absolute atomic E-state index is 13.3. The molecule has 5 heteroatoms. The Morgan fingerprint density at radius 1 is 1.40 bits per heavy atom. The van der Waals surface area contributed by atoms with Crippen LogP contribution in [0.5, 0.6) is 0 Å². The Hall–Kier alpha value is -1.62. The molecule has 0 heterocycles. The first kappa shape index (κ1) is 16.4. The molecule has 0 fully saturated rings. The third-order valence-electron chi connectivity index (χ3n) is 2.86. The lowest BCUT2D eigenvalue weighted by Gasteiger charge is -2.24. The number of nitrogens with two attached hydrogens (primary N) is 1. The molecule has 0 spiro atoms. The van der Waals surface area contributed by atoms with Gasteiger partial charge in [-0.3, -0.25) is 4.79 Å². The zero-order valence-corrected chi connectivity index (χ0v) is 12.2. The van der Waals surface area contributed by atoms with Crippen molar-refractivity contribution in [1.29, 1.82) is 0 Å². The lowest BCUT2D eigenvalue weighted by atomic mass is 10.2. The van der Waals surface area contributed by atoms with E-state index in [0.29, 0.717) is 19.5 Å². The zero-order chi connectivity index (χ0) is 15.0. The summed E-state index contributed by atoms with van der Waals surface area (Å²) < 4.78 is 13.3. The van der Waals surface area contributed by atoms with Crippen molar-refractivity contribution in [3.63, 3.8) is 0 Å². The summed E-state index contributed by atoms with van der Waals surface area (Å²) in [6, 6.07) is 6.55. The first-order valence-electron chi connectivity index (χ1n) is 7.03. The molecule has 0 saturated carbocycles. The van der Waals surface area contributed by atoms with Crippen molar-refractivity contribution in [3.05, 3.63) is 30.1 Å². The number of nitrogens with zero attached hydrogens (tertiary/aromatic N) is 1. The number of carbonyl (C=O) groups excluding carboxylic acids is 1. The zero-order valence-electron chi connectivity index (χ0n) is 12.2. The molecule has 0 aliphatic carbocycles. The minimum absolute atomic E-state index is 0.00847. The number of anilines is 1. The van der Waals surface area contributed by atoms with Gasteiger partial charge in [0.2, 0.25) is 5.91 Å². The minimum Gasteiger partial charge on any atom is -0.371 e. The first-order chi connectivity index (χ1) is 9.52. The van der Waals surface area contributed by atoms with Crippen molar-refractivity contribution >= 4 is 11.6 Å².